The lowest BCUT2D eigenvalue weighted by atomic mass is 10.0. The second-order valence-corrected chi connectivity index (χ2v) is 11.3. The van der Waals surface area contributed by atoms with Gasteiger partial charge in [-0.3, -0.25) is 0 Å². The lowest BCUT2D eigenvalue weighted by Gasteiger charge is -2.22. The fraction of sp³-hybridized carbons (Fsp3) is 0.240. The molecule has 0 aliphatic carbocycles. The third-order valence-electron chi connectivity index (χ3n) is 6.18. The van der Waals surface area contributed by atoms with E-state index in [0.717, 1.165) is 24.2 Å². The van der Waals surface area contributed by atoms with Gasteiger partial charge in [0.2, 0.25) is 5.95 Å². The zero-order valence-corrected chi connectivity index (χ0v) is 20.6. The largest absolute Gasteiger partial charge is 0.507 e. The first-order valence-corrected chi connectivity index (χ1v) is 13.2. The second-order valence-electron chi connectivity index (χ2n) is 8.60. The van der Waals surface area contributed by atoms with Crippen LogP contribution in [-0.2, 0) is 9.84 Å². The Morgan fingerprint density at radius 3 is 2.51 bits per heavy atom. The van der Waals surface area contributed by atoms with Crippen molar-refractivity contribution in [1.82, 2.24) is 20.5 Å². The maximum atomic E-state index is 12.9. The summed E-state index contributed by atoms with van der Waals surface area (Å²) in [7, 11) is -3.36. The van der Waals surface area contributed by atoms with Crippen LogP contribution in [0.2, 0.25) is 5.02 Å². The minimum Gasteiger partial charge on any atom is -0.507 e. The van der Waals surface area contributed by atoms with Gasteiger partial charge in [-0.1, -0.05) is 11.6 Å². The number of hydrogen-bond donors (Lipinski definition) is 3. The highest BCUT2D eigenvalue weighted by atomic mass is 35.5. The van der Waals surface area contributed by atoms with E-state index < -0.39 is 9.84 Å². The van der Waals surface area contributed by atoms with Gasteiger partial charge in [0.25, 0.3) is 0 Å². The quantitative estimate of drug-likeness (QED) is 0.356. The minimum atomic E-state index is -3.36. The number of nitrogens with one attached hydrogen (secondary N) is 2. The normalized spacial score (nSPS) is 14.8. The molecule has 2 heterocycles. The number of nitrogens with zero attached hydrogens (tertiary/aromatic N) is 3. The number of hydrogen-bond acceptors (Lipinski definition) is 8. The molecule has 1 aromatic heterocycles. The van der Waals surface area contributed by atoms with Crippen molar-refractivity contribution in [3.63, 3.8) is 0 Å². The number of benzene rings is 3. The van der Waals surface area contributed by atoms with E-state index in [9.17, 15) is 13.5 Å². The van der Waals surface area contributed by atoms with Crippen molar-refractivity contribution in [2.45, 2.75) is 29.9 Å². The Balaban J connectivity index is 1.39. The summed E-state index contributed by atoms with van der Waals surface area (Å²) < 4.78 is 25.8. The van der Waals surface area contributed by atoms with Crippen molar-refractivity contribution in [3.05, 3.63) is 65.2 Å². The summed E-state index contributed by atoms with van der Waals surface area (Å²) >= 11 is 6.10. The number of sulfone groups is 1. The molecule has 0 unspecified atom stereocenters. The van der Waals surface area contributed by atoms with E-state index in [1.807, 2.05) is 13.0 Å². The predicted octanol–water partition coefficient (Wildman–Crippen LogP) is 4.63. The average Bonchev–Trinajstić information content (AvgIpc) is 2.86. The number of aryl methyl sites for hydroxylation is 1. The van der Waals surface area contributed by atoms with Crippen molar-refractivity contribution >= 4 is 44.1 Å². The van der Waals surface area contributed by atoms with E-state index >= 15 is 0 Å². The molecule has 1 aliphatic heterocycles. The van der Waals surface area contributed by atoms with E-state index in [-0.39, 0.29) is 11.0 Å². The summed E-state index contributed by atoms with van der Waals surface area (Å²) in [4.78, 5) is 4.91. The van der Waals surface area contributed by atoms with Crippen molar-refractivity contribution in [3.8, 4) is 16.9 Å². The number of fused-ring (bicyclic) bond motifs is 1. The number of halogens is 1. The third-order valence-corrected chi connectivity index (χ3v) is 8.70. The predicted molar refractivity (Wildman–Crippen MR) is 137 cm³/mol. The smallest absolute Gasteiger partial charge is 0.247 e. The summed E-state index contributed by atoms with van der Waals surface area (Å²) in [5.74, 6) is 0.422. The highest BCUT2D eigenvalue weighted by Crippen LogP contribution is 2.34. The number of aromatic hydroxyl groups is 1. The van der Waals surface area contributed by atoms with Gasteiger partial charge in [-0.15, -0.1) is 10.2 Å². The van der Waals surface area contributed by atoms with Crippen LogP contribution in [0.1, 0.15) is 18.4 Å². The summed E-state index contributed by atoms with van der Waals surface area (Å²) in [6.07, 6.45) is 1.24. The van der Waals surface area contributed by atoms with Gasteiger partial charge in [-0.05, 0) is 98.6 Å². The monoisotopic (exact) mass is 509 g/mol. The third kappa shape index (κ3) is 4.80. The van der Waals surface area contributed by atoms with E-state index in [0.29, 0.717) is 51.0 Å². The summed E-state index contributed by atoms with van der Waals surface area (Å²) in [6, 6.07) is 15.2. The zero-order valence-electron chi connectivity index (χ0n) is 19.0. The number of piperidine rings is 1. The van der Waals surface area contributed by atoms with Crippen LogP contribution in [-0.4, -0.2) is 47.0 Å². The van der Waals surface area contributed by atoms with Gasteiger partial charge in [-0.25, -0.2) is 13.4 Å². The molecule has 4 aromatic rings. The minimum absolute atomic E-state index is 0.123. The van der Waals surface area contributed by atoms with Gasteiger partial charge in [0, 0.05) is 16.3 Å². The Labute approximate surface area is 208 Å². The van der Waals surface area contributed by atoms with E-state index in [1.165, 1.54) is 0 Å². The topological polar surface area (TPSA) is 117 Å². The molecule has 3 N–H and O–H groups in total. The first kappa shape index (κ1) is 23.5. The Morgan fingerprint density at radius 2 is 1.77 bits per heavy atom. The Bertz CT molecular complexity index is 1500. The number of rotatable bonds is 5. The first-order chi connectivity index (χ1) is 16.8. The Hall–Kier alpha value is -3.27. The first-order valence-electron chi connectivity index (χ1n) is 11.3. The van der Waals surface area contributed by atoms with Crippen LogP contribution in [0.3, 0.4) is 0 Å². The lowest BCUT2D eigenvalue weighted by Crippen LogP contribution is -2.35. The molecule has 35 heavy (non-hydrogen) atoms. The molecule has 1 saturated heterocycles. The molecule has 1 aliphatic rings. The van der Waals surface area contributed by atoms with Gasteiger partial charge in [-0.2, -0.15) is 0 Å². The highest BCUT2D eigenvalue weighted by molar-refractivity contribution is 7.92. The van der Waals surface area contributed by atoms with Gasteiger partial charge in [0.1, 0.15) is 11.3 Å². The Kier molecular flexibility index (Phi) is 6.31. The molecular formula is C25H24ClN5O3S. The van der Waals surface area contributed by atoms with Gasteiger partial charge < -0.3 is 15.7 Å². The van der Waals surface area contributed by atoms with Crippen LogP contribution >= 0.6 is 11.6 Å². The Morgan fingerprint density at radius 1 is 1.03 bits per heavy atom. The molecule has 10 heteroatoms. The van der Waals surface area contributed by atoms with Crippen LogP contribution in [0.5, 0.6) is 5.75 Å². The second kappa shape index (κ2) is 9.41. The maximum absolute atomic E-state index is 12.9. The number of phenolic OH excluding ortho intramolecular Hbond substituents is 1. The number of phenols is 1. The summed E-state index contributed by atoms with van der Waals surface area (Å²) in [5, 5.41) is 25.2. The molecule has 5 rings (SSSR count). The van der Waals surface area contributed by atoms with Crippen molar-refractivity contribution < 1.29 is 13.5 Å². The van der Waals surface area contributed by atoms with E-state index in [1.54, 1.807) is 48.5 Å². The fourth-order valence-corrected chi connectivity index (χ4v) is 6.24. The summed E-state index contributed by atoms with van der Waals surface area (Å²) in [5.41, 5.74) is 4.13. The lowest BCUT2D eigenvalue weighted by molar-refractivity contribution is 0.477. The standard InChI is InChI=1S/C25H24ClN5O3S/c1-15-12-16(21-14-17(26)2-7-23(21)32)13-22-24(15)29-25(31-30-22)28-18-3-5-19(6-4-18)35(33,34)20-8-10-27-11-9-20/h2-7,12-14,20,27,32H,8-11H2,1H3,(H,28,29,31). The zero-order chi connectivity index (χ0) is 24.6. The van der Waals surface area contributed by atoms with Crippen LogP contribution in [0.25, 0.3) is 22.2 Å². The molecule has 0 radical (unpaired) electrons. The number of anilines is 2. The SMILES string of the molecule is Cc1cc(-c2cc(Cl)ccc2O)cc2nnc(Nc3ccc(S(=O)(=O)C4CCNCC4)cc3)nc12. The molecule has 0 amide bonds. The molecule has 180 valence electrons. The van der Waals surface area contributed by atoms with Crippen molar-refractivity contribution in [2.75, 3.05) is 18.4 Å². The van der Waals surface area contributed by atoms with Crippen molar-refractivity contribution in [2.24, 2.45) is 0 Å². The van der Waals surface area contributed by atoms with Crippen molar-refractivity contribution in [1.29, 1.82) is 0 Å². The molecule has 8 nitrogen and oxygen atoms in total. The molecule has 0 bridgehead atoms. The van der Waals surface area contributed by atoms with Gasteiger partial charge in [0.15, 0.2) is 9.84 Å². The molecule has 0 saturated carbocycles. The van der Waals surface area contributed by atoms with Gasteiger partial charge in [0.05, 0.1) is 15.7 Å². The molecule has 1 fully saturated rings. The molecular weight excluding hydrogens is 486 g/mol. The van der Waals surface area contributed by atoms with E-state index in [4.69, 9.17) is 11.6 Å². The average molecular weight is 510 g/mol. The number of aromatic nitrogens is 3. The van der Waals surface area contributed by atoms with Crippen LogP contribution in [0, 0.1) is 6.92 Å². The molecule has 0 atom stereocenters. The van der Waals surface area contributed by atoms with Crippen LogP contribution < -0.4 is 10.6 Å². The summed E-state index contributed by atoms with van der Waals surface area (Å²) in [6.45, 7) is 3.35. The molecule has 3 aromatic carbocycles. The maximum Gasteiger partial charge on any atom is 0.247 e. The molecule has 0 spiro atoms. The van der Waals surface area contributed by atoms with Crippen LogP contribution in [0.4, 0.5) is 11.6 Å². The fourth-order valence-electron chi connectivity index (χ4n) is 4.32. The van der Waals surface area contributed by atoms with Gasteiger partial charge >= 0.3 is 0 Å². The van der Waals surface area contributed by atoms with E-state index in [2.05, 4.69) is 25.8 Å². The highest BCUT2D eigenvalue weighted by Gasteiger charge is 2.28. The van der Waals surface area contributed by atoms with Crippen LogP contribution in [0.15, 0.2) is 59.5 Å².